The van der Waals surface area contributed by atoms with Crippen molar-refractivity contribution in [1.82, 2.24) is 5.32 Å². The Morgan fingerprint density at radius 3 is 2.42 bits per heavy atom. The van der Waals surface area contributed by atoms with Gasteiger partial charge >= 0.3 is 5.97 Å². The van der Waals surface area contributed by atoms with Crippen LogP contribution in [0.1, 0.15) is 21.5 Å². The quantitative estimate of drug-likeness (QED) is 0.445. The van der Waals surface area contributed by atoms with E-state index in [-0.39, 0.29) is 34.3 Å². The van der Waals surface area contributed by atoms with Crippen molar-refractivity contribution >= 4 is 22.8 Å². The molecule has 3 aromatic carbocycles. The molecule has 166 valence electrons. The maximum absolute atomic E-state index is 13.0. The number of para-hydroxylation sites is 1. The molecule has 1 heterocycles. The third kappa shape index (κ3) is 4.82. The standard InChI is InChI=1S/C26H20FNO5/c1-16-23(30)20-8-5-9-21(25(20)33-24(16)18-6-3-2-4-7-18)26(31)32-15-22(29)28-14-17-10-12-19(27)13-11-17/h2-13H,14-15H2,1H3,(H,28,29). The number of amides is 1. The third-order valence-corrected chi connectivity index (χ3v) is 5.14. The largest absolute Gasteiger partial charge is 0.455 e. The number of carbonyl (C=O) groups excluding carboxylic acids is 2. The Labute approximate surface area is 188 Å². The zero-order chi connectivity index (χ0) is 23.4. The third-order valence-electron chi connectivity index (χ3n) is 5.14. The first-order valence-electron chi connectivity index (χ1n) is 10.2. The summed E-state index contributed by atoms with van der Waals surface area (Å²) in [5.41, 5.74) is 1.74. The summed E-state index contributed by atoms with van der Waals surface area (Å²) < 4.78 is 24.1. The van der Waals surface area contributed by atoms with Crippen LogP contribution in [0.15, 0.2) is 82.0 Å². The van der Waals surface area contributed by atoms with Crippen LogP contribution in [0.3, 0.4) is 0 Å². The van der Waals surface area contributed by atoms with Gasteiger partial charge in [0.25, 0.3) is 5.91 Å². The van der Waals surface area contributed by atoms with E-state index in [2.05, 4.69) is 5.32 Å². The van der Waals surface area contributed by atoms with E-state index in [1.807, 2.05) is 30.3 Å². The predicted octanol–water partition coefficient (Wildman–Crippen LogP) is 4.38. The molecule has 0 unspecified atom stereocenters. The van der Waals surface area contributed by atoms with Gasteiger partial charge < -0.3 is 14.5 Å². The zero-order valence-corrected chi connectivity index (χ0v) is 17.8. The molecule has 0 atom stereocenters. The van der Waals surface area contributed by atoms with Crippen LogP contribution in [-0.2, 0) is 16.1 Å². The van der Waals surface area contributed by atoms with Gasteiger partial charge in [-0.2, -0.15) is 0 Å². The van der Waals surface area contributed by atoms with Gasteiger partial charge in [-0.15, -0.1) is 0 Å². The average molecular weight is 445 g/mol. The first kappa shape index (κ1) is 22.0. The lowest BCUT2D eigenvalue weighted by Gasteiger charge is -2.11. The number of halogens is 1. The van der Waals surface area contributed by atoms with Crippen LogP contribution in [0, 0.1) is 12.7 Å². The lowest BCUT2D eigenvalue weighted by Crippen LogP contribution is -2.28. The highest BCUT2D eigenvalue weighted by Crippen LogP contribution is 2.27. The van der Waals surface area contributed by atoms with Gasteiger partial charge in [0, 0.05) is 17.7 Å². The molecular weight excluding hydrogens is 425 g/mol. The Balaban J connectivity index is 1.53. The van der Waals surface area contributed by atoms with Crippen LogP contribution in [0.25, 0.3) is 22.3 Å². The number of esters is 1. The molecule has 7 heteroatoms. The van der Waals surface area contributed by atoms with Crippen LogP contribution in [-0.4, -0.2) is 18.5 Å². The van der Waals surface area contributed by atoms with Crippen molar-refractivity contribution in [3.63, 3.8) is 0 Å². The van der Waals surface area contributed by atoms with E-state index in [0.29, 0.717) is 22.5 Å². The van der Waals surface area contributed by atoms with Crippen LogP contribution in [0.2, 0.25) is 0 Å². The fraction of sp³-hybridized carbons (Fsp3) is 0.115. The molecule has 0 saturated carbocycles. The summed E-state index contributed by atoms with van der Waals surface area (Å²) in [5.74, 6) is -1.31. The topological polar surface area (TPSA) is 85.6 Å². The van der Waals surface area contributed by atoms with Gasteiger partial charge in [-0.05, 0) is 36.8 Å². The highest BCUT2D eigenvalue weighted by atomic mass is 19.1. The van der Waals surface area contributed by atoms with Gasteiger partial charge in [0.05, 0.1) is 5.39 Å². The van der Waals surface area contributed by atoms with Crippen LogP contribution in [0.4, 0.5) is 4.39 Å². The Kier molecular flexibility index (Phi) is 6.31. The smallest absolute Gasteiger partial charge is 0.342 e. The number of carbonyl (C=O) groups is 2. The fourth-order valence-corrected chi connectivity index (χ4v) is 3.40. The number of nitrogens with one attached hydrogen (secondary N) is 1. The van der Waals surface area contributed by atoms with E-state index < -0.39 is 18.5 Å². The monoisotopic (exact) mass is 445 g/mol. The van der Waals surface area contributed by atoms with E-state index in [4.69, 9.17) is 9.15 Å². The molecule has 1 aromatic heterocycles. The molecule has 33 heavy (non-hydrogen) atoms. The molecule has 1 N–H and O–H groups in total. The minimum absolute atomic E-state index is 0.0492. The fourth-order valence-electron chi connectivity index (χ4n) is 3.40. The Morgan fingerprint density at radius 2 is 1.70 bits per heavy atom. The summed E-state index contributed by atoms with van der Waals surface area (Å²) >= 11 is 0. The van der Waals surface area contributed by atoms with E-state index in [1.54, 1.807) is 31.2 Å². The summed E-state index contributed by atoms with van der Waals surface area (Å²) in [6, 6.07) is 19.4. The Hall–Kier alpha value is -4.26. The summed E-state index contributed by atoms with van der Waals surface area (Å²) in [6.07, 6.45) is 0. The molecule has 0 radical (unpaired) electrons. The molecule has 4 aromatic rings. The van der Waals surface area contributed by atoms with Gasteiger partial charge in [0.1, 0.15) is 17.1 Å². The van der Waals surface area contributed by atoms with Gasteiger partial charge in [-0.25, -0.2) is 9.18 Å². The van der Waals surface area contributed by atoms with E-state index in [0.717, 1.165) is 0 Å². The zero-order valence-electron chi connectivity index (χ0n) is 17.8. The molecule has 1 amide bonds. The lowest BCUT2D eigenvalue weighted by atomic mass is 10.0. The van der Waals surface area contributed by atoms with Crippen molar-refractivity contribution in [3.05, 3.63) is 106 Å². The maximum Gasteiger partial charge on any atom is 0.342 e. The summed E-state index contributed by atoms with van der Waals surface area (Å²) in [6.45, 7) is 1.32. The molecule has 0 bridgehead atoms. The molecule has 0 saturated heterocycles. The van der Waals surface area contributed by atoms with Crippen LogP contribution >= 0.6 is 0 Å². The molecule has 0 fully saturated rings. The maximum atomic E-state index is 13.0. The van der Waals surface area contributed by atoms with Crippen molar-refractivity contribution in [3.8, 4) is 11.3 Å². The highest BCUT2D eigenvalue weighted by Gasteiger charge is 2.20. The first-order valence-corrected chi connectivity index (χ1v) is 10.2. The SMILES string of the molecule is Cc1c(-c2ccccc2)oc2c(C(=O)OCC(=O)NCc3ccc(F)cc3)cccc2c1=O. The van der Waals surface area contributed by atoms with Gasteiger partial charge in [-0.3, -0.25) is 9.59 Å². The number of benzene rings is 3. The van der Waals surface area contributed by atoms with E-state index >= 15 is 0 Å². The molecular formula is C26H20FNO5. The van der Waals surface area contributed by atoms with Crippen molar-refractivity contribution in [1.29, 1.82) is 0 Å². The minimum atomic E-state index is -0.788. The normalized spacial score (nSPS) is 10.7. The van der Waals surface area contributed by atoms with Crippen molar-refractivity contribution in [2.24, 2.45) is 0 Å². The second kappa shape index (κ2) is 9.48. The minimum Gasteiger partial charge on any atom is -0.455 e. The molecule has 0 spiro atoms. The molecule has 0 aliphatic carbocycles. The second-order valence-electron chi connectivity index (χ2n) is 7.41. The van der Waals surface area contributed by atoms with E-state index in [9.17, 15) is 18.8 Å². The van der Waals surface area contributed by atoms with Crippen molar-refractivity contribution < 1.29 is 23.1 Å². The second-order valence-corrected chi connectivity index (χ2v) is 7.41. The highest BCUT2D eigenvalue weighted by molar-refractivity contribution is 6.02. The predicted molar refractivity (Wildman–Crippen MR) is 121 cm³/mol. The number of ether oxygens (including phenoxy) is 1. The Morgan fingerprint density at radius 1 is 0.970 bits per heavy atom. The van der Waals surface area contributed by atoms with Gasteiger partial charge in [0.15, 0.2) is 17.6 Å². The molecule has 0 aliphatic rings. The van der Waals surface area contributed by atoms with E-state index in [1.165, 1.54) is 18.2 Å². The van der Waals surface area contributed by atoms with Crippen LogP contribution < -0.4 is 10.7 Å². The Bertz CT molecular complexity index is 1380. The van der Waals surface area contributed by atoms with Gasteiger partial charge in [0.2, 0.25) is 0 Å². The number of hydrogen-bond acceptors (Lipinski definition) is 5. The summed E-state index contributed by atoms with van der Waals surface area (Å²) in [4.78, 5) is 37.7. The van der Waals surface area contributed by atoms with Crippen LogP contribution in [0.5, 0.6) is 0 Å². The molecule has 4 rings (SSSR count). The number of fused-ring (bicyclic) bond motifs is 1. The number of hydrogen-bond donors (Lipinski definition) is 1. The number of rotatable bonds is 6. The summed E-state index contributed by atoms with van der Waals surface area (Å²) in [7, 11) is 0. The summed E-state index contributed by atoms with van der Waals surface area (Å²) in [5, 5.41) is 2.85. The lowest BCUT2D eigenvalue weighted by molar-refractivity contribution is -0.124. The first-order chi connectivity index (χ1) is 15.9. The molecule has 6 nitrogen and oxygen atoms in total. The van der Waals surface area contributed by atoms with Crippen molar-refractivity contribution in [2.75, 3.05) is 6.61 Å². The van der Waals surface area contributed by atoms with Crippen molar-refractivity contribution in [2.45, 2.75) is 13.5 Å². The molecule has 0 aliphatic heterocycles. The van der Waals surface area contributed by atoms with Gasteiger partial charge in [-0.1, -0.05) is 48.5 Å². The average Bonchev–Trinajstić information content (AvgIpc) is 2.84.